The third kappa shape index (κ3) is 3.42. The molecular formula is C17H17BrClNO. The van der Waals surface area contributed by atoms with Crippen LogP contribution in [0.5, 0.6) is 5.75 Å². The summed E-state index contributed by atoms with van der Waals surface area (Å²) in [5.74, 6) is 1.03. The van der Waals surface area contributed by atoms with Crippen LogP contribution in [0.1, 0.15) is 29.2 Å². The summed E-state index contributed by atoms with van der Waals surface area (Å²) in [4.78, 5) is 0. The van der Waals surface area contributed by atoms with Gasteiger partial charge in [0, 0.05) is 16.9 Å². The van der Waals surface area contributed by atoms with Crippen LogP contribution in [0, 0.1) is 0 Å². The van der Waals surface area contributed by atoms with Crippen molar-refractivity contribution in [3.63, 3.8) is 0 Å². The van der Waals surface area contributed by atoms with E-state index in [4.69, 9.17) is 22.1 Å². The topological polar surface area (TPSA) is 35.2 Å². The SMILES string of the molecule is NC(CCc1ccc2c(c1)CCO2)c1ccc(Cl)c(Br)c1. The fourth-order valence-corrected chi connectivity index (χ4v) is 3.14. The van der Waals surface area contributed by atoms with Gasteiger partial charge in [-0.15, -0.1) is 0 Å². The van der Waals surface area contributed by atoms with Crippen molar-refractivity contribution in [3.8, 4) is 5.75 Å². The van der Waals surface area contributed by atoms with Gasteiger partial charge in [-0.25, -0.2) is 0 Å². The lowest BCUT2D eigenvalue weighted by Gasteiger charge is -2.13. The van der Waals surface area contributed by atoms with E-state index in [9.17, 15) is 0 Å². The zero-order chi connectivity index (χ0) is 14.8. The minimum absolute atomic E-state index is 0.0167. The third-order valence-electron chi connectivity index (χ3n) is 3.87. The van der Waals surface area contributed by atoms with Gasteiger partial charge in [-0.1, -0.05) is 29.8 Å². The Labute approximate surface area is 138 Å². The van der Waals surface area contributed by atoms with Crippen LogP contribution in [0.25, 0.3) is 0 Å². The highest BCUT2D eigenvalue weighted by atomic mass is 79.9. The predicted molar refractivity (Wildman–Crippen MR) is 90.0 cm³/mol. The lowest BCUT2D eigenvalue weighted by atomic mass is 9.98. The summed E-state index contributed by atoms with van der Waals surface area (Å²) in [7, 11) is 0. The molecule has 1 atom stereocenters. The Morgan fingerprint density at radius 2 is 2.10 bits per heavy atom. The Kier molecular flexibility index (Phi) is 4.53. The quantitative estimate of drug-likeness (QED) is 0.853. The van der Waals surface area contributed by atoms with E-state index < -0.39 is 0 Å². The van der Waals surface area contributed by atoms with Crippen LogP contribution in [0.15, 0.2) is 40.9 Å². The summed E-state index contributed by atoms with van der Waals surface area (Å²) in [5.41, 5.74) is 10.0. The molecule has 4 heteroatoms. The molecule has 0 bridgehead atoms. The van der Waals surface area contributed by atoms with Crippen molar-refractivity contribution in [2.24, 2.45) is 5.73 Å². The molecule has 21 heavy (non-hydrogen) atoms. The first-order chi connectivity index (χ1) is 10.1. The number of halogens is 2. The van der Waals surface area contributed by atoms with Gasteiger partial charge >= 0.3 is 0 Å². The van der Waals surface area contributed by atoms with E-state index in [1.165, 1.54) is 11.1 Å². The van der Waals surface area contributed by atoms with Crippen LogP contribution in [0.4, 0.5) is 0 Å². The summed E-state index contributed by atoms with van der Waals surface area (Å²) in [5, 5.41) is 0.713. The highest BCUT2D eigenvalue weighted by molar-refractivity contribution is 9.10. The number of hydrogen-bond donors (Lipinski definition) is 1. The van der Waals surface area contributed by atoms with Crippen molar-refractivity contribution in [1.29, 1.82) is 0 Å². The molecule has 2 N–H and O–H groups in total. The standard InChI is InChI=1S/C17H17BrClNO/c18-14-10-12(3-4-15(14)19)16(20)5-1-11-2-6-17-13(9-11)7-8-21-17/h2-4,6,9-10,16H,1,5,7-8,20H2. The van der Waals surface area contributed by atoms with Crippen molar-refractivity contribution in [2.45, 2.75) is 25.3 Å². The van der Waals surface area contributed by atoms with Crippen molar-refractivity contribution in [3.05, 3.63) is 62.6 Å². The average Bonchev–Trinajstić information content (AvgIpc) is 2.95. The number of fused-ring (bicyclic) bond motifs is 1. The summed E-state index contributed by atoms with van der Waals surface area (Å²) < 4.78 is 6.43. The maximum atomic E-state index is 6.29. The second-order valence-electron chi connectivity index (χ2n) is 5.36. The molecule has 2 nitrogen and oxygen atoms in total. The fraction of sp³-hybridized carbons (Fsp3) is 0.294. The second kappa shape index (κ2) is 6.39. The minimum atomic E-state index is 0.0167. The van der Waals surface area contributed by atoms with E-state index in [1.54, 1.807) is 0 Å². The Balaban J connectivity index is 1.65. The smallest absolute Gasteiger partial charge is 0.122 e. The number of hydrogen-bond acceptors (Lipinski definition) is 2. The Morgan fingerprint density at radius 1 is 1.24 bits per heavy atom. The van der Waals surface area contributed by atoms with Crippen LogP contribution in [-0.4, -0.2) is 6.61 Å². The van der Waals surface area contributed by atoms with E-state index in [0.717, 1.165) is 41.7 Å². The summed E-state index contributed by atoms with van der Waals surface area (Å²) in [6.45, 7) is 0.803. The van der Waals surface area contributed by atoms with Gasteiger partial charge in [0.25, 0.3) is 0 Å². The van der Waals surface area contributed by atoms with Gasteiger partial charge in [-0.2, -0.15) is 0 Å². The van der Waals surface area contributed by atoms with E-state index in [0.29, 0.717) is 5.02 Å². The second-order valence-corrected chi connectivity index (χ2v) is 6.62. The van der Waals surface area contributed by atoms with Gasteiger partial charge in [0.05, 0.1) is 11.6 Å². The highest BCUT2D eigenvalue weighted by Gasteiger charge is 2.13. The minimum Gasteiger partial charge on any atom is -0.493 e. The van der Waals surface area contributed by atoms with E-state index in [-0.39, 0.29) is 6.04 Å². The van der Waals surface area contributed by atoms with Gasteiger partial charge < -0.3 is 10.5 Å². The van der Waals surface area contributed by atoms with Gasteiger partial charge in [0.2, 0.25) is 0 Å². The highest BCUT2D eigenvalue weighted by Crippen LogP contribution is 2.29. The van der Waals surface area contributed by atoms with Crippen molar-refractivity contribution < 1.29 is 4.74 Å². The maximum Gasteiger partial charge on any atom is 0.122 e. The molecule has 0 amide bonds. The van der Waals surface area contributed by atoms with Crippen LogP contribution in [-0.2, 0) is 12.8 Å². The van der Waals surface area contributed by atoms with Crippen molar-refractivity contribution >= 4 is 27.5 Å². The predicted octanol–water partition coefficient (Wildman–Crippen LogP) is 4.67. The molecule has 1 heterocycles. The maximum absolute atomic E-state index is 6.29. The normalized spacial score (nSPS) is 14.6. The zero-order valence-corrected chi connectivity index (χ0v) is 14.0. The van der Waals surface area contributed by atoms with Gasteiger partial charge in [0.15, 0.2) is 0 Å². The Morgan fingerprint density at radius 3 is 2.90 bits per heavy atom. The Hall–Kier alpha value is -1.03. The molecule has 0 saturated heterocycles. The van der Waals surface area contributed by atoms with E-state index in [1.807, 2.05) is 18.2 Å². The molecule has 1 aliphatic rings. The summed E-state index contributed by atoms with van der Waals surface area (Å²) in [6.07, 6.45) is 2.89. The number of aryl methyl sites for hydroxylation is 1. The molecule has 0 saturated carbocycles. The third-order valence-corrected chi connectivity index (χ3v) is 5.08. The molecule has 0 radical (unpaired) electrons. The summed E-state index contributed by atoms with van der Waals surface area (Å²) in [6, 6.07) is 12.3. The van der Waals surface area contributed by atoms with E-state index in [2.05, 4.69) is 34.1 Å². The van der Waals surface area contributed by atoms with Gasteiger partial charge in [-0.3, -0.25) is 0 Å². The lowest BCUT2D eigenvalue weighted by molar-refractivity contribution is 0.357. The molecule has 1 aliphatic heterocycles. The average molecular weight is 367 g/mol. The molecule has 3 rings (SSSR count). The summed E-state index contributed by atoms with van der Waals surface area (Å²) >= 11 is 9.46. The zero-order valence-electron chi connectivity index (χ0n) is 11.6. The molecule has 1 unspecified atom stereocenters. The van der Waals surface area contributed by atoms with Crippen molar-refractivity contribution in [1.82, 2.24) is 0 Å². The molecular weight excluding hydrogens is 350 g/mol. The molecule has 0 fully saturated rings. The first kappa shape index (κ1) is 14.9. The van der Waals surface area contributed by atoms with Gasteiger partial charge in [-0.05, 0) is 63.7 Å². The van der Waals surface area contributed by atoms with Crippen molar-refractivity contribution in [2.75, 3.05) is 6.61 Å². The monoisotopic (exact) mass is 365 g/mol. The molecule has 110 valence electrons. The lowest BCUT2D eigenvalue weighted by Crippen LogP contribution is -2.11. The number of ether oxygens (including phenoxy) is 1. The number of rotatable bonds is 4. The molecule has 2 aromatic rings. The Bertz CT molecular complexity index is 659. The van der Waals surface area contributed by atoms with Gasteiger partial charge in [0.1, 0.15) is 5.75 Å². The molecule has 0 spiro atoms. The van der Waals surface area contributed by atoms with Crippen LogP contribution < -0.4 is 10.5 Å². The van der Waals surface area contributed by atoms with Crippen LogP contribution in [0.2, 0.25) is 5.02 Å². The first-order valence-electron chi connectivity index (χ1n) is 7.08. The fourth-order valence-electron chi connectivity index (χ4n) is 2.63. The largest absolute Gasteiger partial charge is 0.493 e. The molecule has 0 aliphatic carbocycles. The van der Waals surface area contributed by atoms with E-state index >= 15 is 0 Å². The molecule has 2 aromatic carbocycles. The first-order valence-corrected chi connectivity index (χ1v) is 8.26. The molecule has 0 aromatic heterocycles. The van der Waals surface area contributed by atoms with Crippen LogP contribution in [0.3, 0.4) is 0 Å². The number of nitrogens with two attached hydrogens (primary N) is 1. The van der Waals surface area contributed by atoms with Crippen LogP contribution >= 0.6 is 27.5 Å². The number of benzene rings is 2.